The first-order valence-electron chi connectivity index (χ1n) is 5.83. The summed E-state index contributed by atoms with van der Waals surface area (Å²) in [5, 5.41) is 3.39. The molecule has 0 fully saturated rings. The number of benzene rings is 2. The first kappa shape index (κ1) is 15.6. The molecule has 0 aliphatic heterocycles. The van der Waals surface area contributed by atoms with Gasteiger partial charge in [-0.2, -0.15) is 5.10 Å². The molecule has 0 saturated carbocycles. The molecule has 8 heteroatoms. The Labute approximate surface area is 121 Å². The van der Waals surface area contributed by atoms with E-state index in [0.717, 1.165) is 6.21 Å². The minimum absolute atomic E-state index is 0.556. The number of amides is 1. The highest BCUT2D eigenvalue weighted by molar-refractivity contribution is 5.95. The Morgan fingerprint density at radius 2 is 1.36 bits per heavy atom. The van der Waals surface area contributed by atoms with Gasteiger partial charge in [-0.15, -0.1) is 0 Å². The van der Waals surface area contributed by atoms with Gasteiger partial charge in [0.25, 0.3) is 5.91 Å². The molecule has 114 valence electrons. The monoisotopic (exact) mass is 314 g/mol. The Bertz CT molecular complexity index is 718. The summed E-state index contributed by atoms with van der Waals surface area (Å²) >= 11 is 0. The van der Waals surface area contributed by atoms with Crippen LogP contribution in [0.4, 0.5) is 22.0 Å². The van der Waals surface area contributed by atoms with Crippen LogP contribution in [0.15, 0.2) is 35.4 Å². The fourth-order valence-corrected chi connectivity index (χ4v) is 1.56. The lowest BCUT2D eigenvalue weighted by atomic mass is 10.1. The van der Waals surface area contributed by atoms with E-state index in [4.69, 9.17) is 0 Å². The second-order valence-electron chi connectivity index (χ2n) is 4.05. The zero-order valence-corrected chi connectivity index (χ0v) is 10.7. The van der Waals surface area contributed by atoms with Crippen molar-refractivity contribution in [3.63, 3.8) is 0 Å². The van der Waals surface area contributed by atoms with E-state index in [0.29, 0.717) is 5.56 Å². The Kier molecular flexibility index (Phi) is 4.50. The van der Waals surface area contributed by atoms with Crippen LogP contribution in [0.3, 0.4) is 0 Å². The topological polar surface area (TPSA) is 41.5 Å². The van der Waals surface area contributed by atoms with Crippen LogP contribution in [0.25, 0.3) is 0 Å². The maximum Gasteiger partial charge on any atom is 0.277 e. The molecule has 0 spiro atoms. The SMILES string of the molecule is O=C(N/N=C/c1ccccc1)c1c(F)c(F)c(F)c(F)c1F. The number of rotatable bonds is 3. The summed E-state index contributed by atoms with van der Waals surface area (Å²) in [6.45, 7) is 0. The number of hydrogen-bond donors (Lipinski definition) is 1. The molecule has 1 amide bonds. The van der Waals surface area contributed by atoms with Crippen LogP contribution in [-0.2, 0) is 0 Å². The number of hydrazone groups is 1. The molecule has 0 aliphatic rings. The van der Waals surface area contributed by atoms with E-state index in [1.165, 1.54) is 0 Å². The highest BCUT2D eigenvalue weighted by Crippen LogP contribution is 2.22. The molecular weight excluding hydrogens is 307 g/mol. The Morgan fingerprint density at radius 1 is 0.864 bits per heavy atom. The summed E-state index contributed by atoms with van der Waals surface area (Å²) in [5.74, 6) is -12.7. The maximum absolute atomic E-state index is 13.4. The van der Waals surface area contributed by atoms with Gasteiger partial charge in [0.15, 0.2) is 23.3 Å². The van der Waals surface area contributed by atoms with Crippen LogP contribution in [-0.4, -0.2) is 12.1 Å². The predicted molar refractivity (Wildman–Crippen MR) is 67.7 cm³/mol. The number of carbonyl (C=O) groups is 1. The summed E-state index contributed by atoms with van der Waals surface area (Å²) in [5.41, 5.74) is 0.658. The molecule has 0 atom stereocenters. The van der Waals surface area contributed by atoms with Gasteiger partial charge >= 0.3 is 0 Å². The number of carbonyl (C=O) groups excluding carboxylic acids is 1. The van der Waals surface area contributed by atoms with Crippen molar-refractivity contribution in [2.45, 2.75) is 0 Å². The van der Waals surface area contributed by atoms with Crippen molar-refractivity contribution in [3.8, 4) is 0 Å². The third-order valence-corrected chi connectivity index (χ3v) is 2.62. The normalized spacial score (nSPS) is 11.0. The summed E-state index contributed by atoms with van der Waals surface area (Å²) in [4.78, 5) is 11.5. The largest absolute Gasteiger partial charge is 0.277 e. The van der Waals surface area contributed by atoms with E-state index in [9.17, 15) is 26.7 Å². The van der Waals surface area contributed by atoms with Crippen LogP contribution >= 0.6 is 0 Å². The first-order valence-corrected chi connectivity index (χ1v) is 5.83. The number of hydrogen-bond acceptors (Lipinski definition) is 2. The van der Waals surface area contributed by atoms with Gasteiger partial charge in [-0.3, -0.25) is 4.79 Å². The summed E-state index contributed by atoms with van der Waals surface area (Å²) in [7, 11) is 0. The van der Waals surface area contributed by atoms with Crippen molar-refractivity contribution in [2.24, 2.45) is 5.10 Å². The Hall–Kier alpha value is -2.77. The van der Waals surface area contributed by atoms with Gasteiger partial charge in [-0.25, -0.2) is 27.4 Å². The minimum atomic E-state index is -2.33. The highest BCUT2D eigenvalue weighted by Gasteiger charge is 2.29. The molecule has 0 bridgehead atoms. The van der Waals surface area contributed by atoms with Gasteiger partial charge < -0.3 is 0 Å². The average molecular weight is 314 g/mol. The van der Waals surface area contributed by atoms with Crippen molar-refractivity contribution >= 4 is 12.1 Å². The van der Waals surface area contributed by atoms with Crippen molar-refractivity contribution < 1.29 is 26.7 Å². The molecule has 0 unspecified atom stereocenters. The lowest BCUT2D eigenvalue weighted by Crippen LogP contribution is -2.23. The fourth-order valence-electron chi connectivity index (χ4n) is 1.56. The summed E-state index contributed by atoms with van der Waals surface area (Å²) in [6.07, 6.45) is 1.14. The standard InChI is InChI=1S/C14H7F5N2O/c15-9-8(10(16)12(18)13(19)11(9)17)14(22)21-20-6-7-4-2-1-3-5-7/h1-6H,(H,21,22)/b20-6+. The molecule has 0 heterocycles. The van der Waals surface area contributed by atoms with Crippen LogP contribution < -0.4 is 5.43 Å². The maximum atomic E-state index is 13.4. The van der Waals surface area contributed by atoms with Gasteiger partial charge in [0.1, 0.15) is 5.56 Å². The summed E-state index contributed by atoms with van der Waals surface area (Å²) in [6, 6.07) is 8.31. The molecule has 0 radical (unpaired) electrons. The molecule has 0 aliphatic carbocycles. The van der Waals surface area contributed by atoms with E-state index in [-0.39, 0.29) is 0 Å². The number of nitrogens with zero attached hydrogens (tertiary/aromatic N) is 1. The lowest BCUT2D eigenvalue weighted by molar-refractivity contribution is 0.0943. The van der Waals surface area contributed by atoms with E-state index >= 15 is 0 Å². The number of nitrogens with one attached hydrogen (secondary N) is 1. The zero-order chi connectivity index (χ0) is 16.3. The van der Waals surface area contributed by atoms with Gasteiger partial charge in [-0.1, -0.05) is 30.3 Å². The van der Waals surface area contributed by atoms with E-state index in [1.54, 1.807) is 35.8 Å². The molecule has 2 rings (SSSR count). The molecule has 3 nitrogen and oxygen atoms in total. The zero-order valence-electron chi connectivity index (χ0n) is 10.7. The third-order valence-electron chi connectivity index (χ3n) is 2.62. The van der Waals surface area contributed by atoms with Crippen molar-refractivity contribution in [1.82, 2.24) is 5.43 Å². The third kappa shape index (κ3) is 2.95. The molecule has 0 aromatic heterocycles. The lowest BCUT2D eigenvalue weighted by Gasteiger charge is -2.06. The first-order chi connectivity index (χ1) is 10.4. The van der Waals surface area contributed by atoms with Crippen molar-refractivity contribution in [3.05, 3.63) is 70.5 Å². The number of halogens is 5. The average Bonchev–Trinajstić information content (AvgIpc) is 2.52. The molecular formula is C14H7F5N2O. The van der Waals surface area contributed by atoms with Gasteiger partial charge in [0.05, 0.1) is 6.21 Å². The highest BCUT2D eigenvalue weighted by atomic mass is 19.2. The molecule has 0 saturated heterocycles. The van der Waals surface area contributed by atoms with Crippen LogP contribution in [0, 0.1) is 29.1 Å². The predicted octanol–water partition coefficient (Wildman–Crippen LogP) is 3.15. The second-order valence-corrected chi connectivity index (χ2v) is 4.05. The van der Waals surface area contributed by atoms with Crippen LogP contribution in [0.1, 0.15) is 15.9 Å². The molecule has 22 heavy (non-hydrogen) atoms. The molecule has 2 aromatic rings. The molecule has 2 aromatic carbocycles. The Morgan fingerprint density at radius 3 is 1.91 bits per heavy atom. The van der Waals surface area contributed by atoms with E-state index in [1.807, 2.05) is 0 Å². The fraction of sp³-hybridized carbons (Fsp3) is 0. The van der Waals surface area contributed by atoms with Gasteiger partial charge in [0, 0.05) is 0 Å². The van der Waals surface area contributed by atoms with Crippen LogP contribution in [0.5, 0.6) is 0 Å². The van der Waals surface area contributed by atoms with Crippen LogP contribution in [0.2, 0.25) is 0 Å². The smallest absolute Gasteiger partial charge is 0.267 e. The van der Waals surface area contributed by atoms with Gasteiger partial charge in [-0.05, 0) is 5.56 Å². The Balaban J connectivity index is 2.26. The van der Waals surface area contributed by atoms with E-state index in [2.05, 4.69) is 5.10 Å². The minimum Gasteiger partial charge on any atom is -0.267 e. The van der Waals surface area contributed by atoms with Gasteiger partial charge in [0.2, 0.25) is 5.82 Å². The van der Waals surface area contributed by atoms with Crippen molar-refractivity contribution in [1.29, 1.82) is 0 Å². The molecule has 1 N–H and O–H groups in total. The van der Waals surface area contributed by atoms with E-state index < -0.39 is 40.6 Å². The second kappa shape index (κ2) is 6.33. The summed E-state index contributed by atoms with van der Waals surface area (Å²) < 4.78 is 65.5. The van der Waals surface area contributed by atoms with Crippen molar-refractivity contribution in [2.75, 3.05) is 0 Å². The quantitative estimate of drug-likeness (QED) is 0.305.